The van der Waals surface area contributed by atoms with Gasteiger partial charge in [-0.15, -0.1) is 11.8 Å². The normalized spacial score (nSPS) is 18.1. The Morgan fingerprint density at radius 2 is 1.92 bits per heavy atom. The highest BCUT2D eigenvalue weighted by Crippen LogP contribution is 2.36. The Morgan fingerprint density at radius 1 is 1.19 bits per heavy atom. The number of sulfonamides is 1. The van der Waals surface area contributed by atoms with E-state index in [1.165, 1.54) is 17.8 Å². The molecule has 0 saturated heterocycles. The minimum absolute atomic E-state index is 0.111. The second-order valence-electron chi connectivity index (χ2n) is 6.32. The molecule has 2 atom stereocenters. The SMILES string of the molecule is CC[C@H](Cc1ccccc1)NS(=O)(=O)c1ccc2c(c1)NC(=O)[C@@H](C)S2. The van der Waals surface area contributed by atoms with Crippen molar-refractivity contribution in [3.8, 4) is 0 Å². The Hall–Kier alpha value is -1.83. The van der Waals surface area contributed by atoms with Crippen LogP contribution in [-0.4, -0.2) is 25.6 Å². The predicted molar refractivity (Wildman–Crippen MR) is 105 cm³/mol. The molecule has 0 fully saturated rings. The second-order valence-corrected chi connectivity index (χ2v) is 9.42. The van der Waals surface area contributed by atoms with E-state index in [-0.39, 0.29) is 22.1 Å². The summed E-state index contributed by atoms with van der Waals surface area (Å²) in [5.41, 5.74) is 1.64. The first kappa shape index (κ1) is 18.9. The van der Waals surface area contributed by atoms with Crippen molar-refractivity contribution in [2.75, 3.05) is 5.32 Å². The fourth-order valence-corrected chi connectivity index (χ4v) is 5.09. The lowest BCUT2D eigenvalue weighted by Crippen LogP contribution is -2.36. The molecule has 1 amide bonds. The smallest absolute Gasteiger partial charge is 0.240 e. The minimum atomic E-state index is -3.67. The highest BCUT2D eigenvalue weighted by molar-refractivity contribution is 8.01. The van der Waals surface area contributed by atoms with E-state index >= 15 is 0 Å². The zero-order valence-corrected chi connectivity index (χ0v) is 16.4. The molecule has 138 valence electrons. The van der Waals surface area contributed by atoms with Gasteiger partial charge in [0.25, 0.3) is 0 Å². The molecule has 0 saturated carbocycles. The molecule has 26 heavy (non-hydrogen) atoms. The molecule has 0 bridgehead atoms. The molecule has 3 rings (SSSR count). The lowest BCUT2D eigenvalue weighted by molar-refractivity contribution is -0.115. The van der Waals surface area contributed by atoms with Crippen molar-refractivity contribution in [1.29, 1.82) is 0 Å². The van der Waals surface area contributed by atoms with Gasteiger partial charge < -0.3 is 5.32 Å². The number of hydrogen-bond donors (Lipinski definition) is 2. The van der Waals surface area contributed by atoms with E-state index in [1.54, 1.807) is 12.1 Å². The molecule has 1 heterocycles. The van der Waals surface area contributed by atoms with E-state index in [9.17, 15) is 13.2 Å². The maximum atomic E-state index is 12.8. The molecule has 2 aromatic carbocycles. The molecule has 1 aliphatic rings. The third kappa shape index (κ3) is 4.28. The van der Waals surface area contributed by atoms with Crippen LogP contribution in [0.25, 0.3) is 0 Å². The van der Waals surface area contributed by atoms with Crippen molar-refractivity contribution in [3.63, 3.8) is 0 Å². The Balaban J connectivity index is 1.79. The highest BCUT2D eigenvalue weighted by Gasteiger charge is 2.26. The van der Waals surface area contributed by atoms with Gasteiger partial charge in [-0.05, 0) is 43.5 Å². The van der Waals surface area contributed by atoms with Crippen LogP contribution in [0.5, 0.6) is 0 Å². The van der Waals surface area contributed by atoms with Crippen LogP contribution in [0.4, 0.5) is 5.69 Å². The van der Waals surface area contributed by atoms with Crippen LogP contribution < -0.4 is 10.0 Å². The largest absolute Gasteiger partial charge is 0.324 e. The first-order valence-electron chi connectivity index (χ1n) is 8.57. The number of hydrogen-bond acceptors (Lipinski definition) is 4. The van der Waals surface area contributed by atoms with E-state index in [4.69, 9.17) is 0 Å². The maximum absolute atomic E-state index is 12.8. The monoisotopic (exact) mass is 390 g/mol. The molecule has 1 aliphatic heterocycles. The highest BCUT2D eigenvalue weighted by atomic mass is 32.2. The summed E-state index contributed by atoms with van der Waals surface area (Å²) in [4.78, 5) is 12.9. The lowest BCUT2D eigenvalue weighted by Gasteiger charge is -2.22. The van der Waals surface area contributed by atoms with Gasteiger partial charge >= 0.3 is 0 Å². The summed E-state index contributed by atoms with van der Waals surface area (Å²) in [5, 5.41) is 2.60. The predicted octanol–water partition coefficient (Wildman–Crippen LogP) is 3.42. The Kier molecular flexibility index (Phi) is 5.70. The van der Waals surface area contributed by atoms with Crippen molar-refractivity contribution in [2.45, 2.75) is 47.8 Å². The number of carbonyl (C=O) groups excluding carboxylic acids is 1. The third-order valence-electron chi connectivity index (χ3n) is 4.33. The van der Waals surface area contributed by atoms with Gasteiger partial charge in [-0.25, -0.2) is 13.1 Å². The van der Waals surface area contributed by atoms with Gasteiger partial charge in [0.1, 0.15) is 0 Å². The van der Waals surface area contributed by atoms with Crippen LogP contribution >= 0.6 is 11.8 Å². The van der Waals surface area contributed by atoms with Crippen LogP contribution in [0.3, 0.4) is 0 Å². The van der Waals surface area contributed by atoms with E-state index in [1.807, 2.05) is 44.2 Å². The van der Waals surface area contributed by atoms with Gasteiger partial charge in [0, 0.05) is 10.9 Å². The van der Waals surface area contributed by atoms with E-state index in [2.05, 4.69) is 10.0 Å². The molecule has 5 nitrogen and oxygen atoms in total. The van der Waals surface area contributed by atoms with Crippen LogP contribution in [0.2, 0.25) is 0 Å². The quantitative estimate of drug-likeness (QED) is 0.792. The number of nitrogens with one attached hydrogen (secondary N) is 2. The number of anilines is 1. The summed E-state index contributed by atoms with van der Waals surface area (Å²) in [6, 6.07) is 14.5. The molecular weight excluding hydrogens is 368 g/mol. The Morgan fingerprint density at radius 3 is 2.62 bits per heavy atom. The van der Waals surface area contributed by atoms with Crippen molar-refractivity contribution >= 4 is 33.4 Å². The molecule has 2 N–H and O–H groups in total. The summed E-state index contributed by atoms with van der Waals surface area (Å²) >= 11 is 1.43. The molecule has 0 spiro atoms. The van der Waals surface area contributed by atoms with Crippen LogP contribution in [0, 0.1) is 0 Å². The fourth-order valence-electron chi connectivity index (χ4n) is 2.81. The molecule has 7 heteroatoms. The van der Waals surface area contributed by atoms with Gasteiger partial charge in [0.2, 0.25) is 15.9 Å². The van der Waals surface area contributed by atoms with Gasteiger partial charge in [0.05, 0.1) is 15.8 Å². The first-order valence-corrected chi connectivity index (χ1v) is 10.9. The van der Waals surface area contributed by atoms with Crippen molar-refractivity contribution in [2.24, 2.45) is 0 Å². The molecule has 0 aliphatic carbocycles. The number of thioether (sulfide) groups is 1. The van der Waals surface area contributed by atoms with Crippen LogP contribution in [0.15, 0.2) is 58.3 Å². The maximum Gasteiger partial charge on any atom is 0.240 e. The summed E-state index contributed by atoms with van der Waals surface area (Å²) in [6.45, 7) is 3.78. The lowest BCUT2D eigenvalue weighted by atomic mass is 10.1. The fraction of sp³-hybridized carbons (Fsp3) is 0.316. The van der Waals surface area contributed by atoms with Crippen molar-refractivity contribution in [3.05, 3.63) is 54.1 Å². The van der Waals surface area contributed by atoms with Gasteiger partial charge in [-0.1, -0.05) is 37.3 Å². The zero-order chi connectivity index (χ0) is 18.7. The summed E-state index contributed by atoms with van der Waals surface area (Å²) in [6.07, 6.45) is 1.31. The van der Waals surface area contributed by atoms with E-state index in [0.717, 1.165) is 10.5 Å². The average molecular weight is 391 g/mol. The number of fused-ring (bicyclic) bond motifs is 1. The molecule has 0 aromatic heterocycles. The van der Waals surface area contributed by atoms with Crippen LogP contribution in [-0.2, 0) is 21.2 Å². The topological polar surface area (TPSA) is 75.3 Å². The molecule has 0 unspecified atom stereocenters. The van der Waals surface area contributed by atoms with E-state index in [0.29, 0.717) is 18.5 Å². The first-order chi connectivity index (χ1) is 12.4. The minimum Gasteiger partial charge on any atom is -0.324 e. The Labute approximate surface area is 158 Å². The van der Waals surface area contributed by atoms with E-state index < -0.39 is 10.0 Å². The van der Waals surface area contributed by atoms with Crippen molar-refractivity contribution in [1.82, 2.24) is 4.72 Å². The third-order valence-corrected chi connectivity index (χ3v) is 7.03. The second kappa shape index (κ2) is 7.82. The number of rotatable bonds is 6. The molecule has 0 radical (unpaired) electrons. The zero-order valence-electron chi connectivity index (χ0n) is 14.7. The van der Waals surface area contributed by atoms with Gasteiger partial charge in [-0.3, -0.25) is 4.79 Å². The Bertz CT molecular complexity index is 898. The number of amides is 1. The van der Waals surface area contributed by atoms with Crippen LogP contribution in [0.1, 0.15) is 25.8 Å². The number of carbonyl (C=O) groups is 1. The summed E-state index contributed by atoms with van der Waals surface area (Å²) < 4.78 is 28.4. The van der Waals surface area contributed by atoms with Gasteiger partial charge in [0.15, 0.2) is 0 Å². The molecule has 2 aromatic rings. The standard InChI is InChI=1S/C19H22N2O3S2/c1-3-15(11-14-7-5-4-6-8-14)21-26(23,24)16-9-10-18-17(12-16)20-19(22)13(2)25-18/h4-10,12-13,15,21H,3,11H2,1-2H3,(H,20,22)/t13-,15-/m1/s1. The summed E-state index contributed by atoms with van der Waals surface area (Å²) in [7, 11) is -3.67. The summed E-state index contributed by atoms with van der Waals surface area (Å²) in [5.74, 6) is -0.111. The van der Waals surface area contributed by atoms with Gasteiger partial charge in [-0.2, -0.15) is 0 Å². The number of benzene rings is 2. The van der Waals surface area contributed by atoms with Crippen molar-refractivity contribution < 1.29 is 13.2 Å². The molecular formula is C19H22N2O3S2. The average Bonchev–Trinajstić information content (AvgIpc) is 2.62.